The van der Waals surface area contributed by atoms with Gasteiger partial charge in [-0.25, -0.2) is 9.59 Å². The quantitative estimate of drug-likeness (QED) is 0.351. The molecule has 2 aromatic carbocycles. The fraction of sp³-hybridized carbons (Fsp3) is 0.346. The van der Waals surface area contributed by atoms with Crippen molar-refractivity contribution in [2.45, 2.75) is 45.8 Å². The van der Waals surface area contributed by atoms with E-state index < -0.39 is 22.6 Å². The molecule has 4 rings (SSSR count). The lowest BCUT2D eigenvalue weighted by atomic mass is 9.86. The van der Waals surface area contributed by atoms with Crippen LogP contribution in [0.4, 0.5) is 10.5 Å². The number of hydrogen-bond donors (Lipinski definition) is 2. The third-order valence-electron chi connectivity index (χ3n) is 5.94. The number of aryl methyl sites for hydroxylation is 1. The Bertz CT molecular complexity index is 1390. The number of alkyl carbamates (subject to hydrolysis) is 1. The second-order valence-corrected chi connectivity index (χ2v) is 9.65. The van der Waals surface area contributed by atoms with Gasteiger partial charge in [-0.2, -0.15) is 5.10 Å². The molecule has 0 radical (unpaired) electrons. The predicted molar refractivity (Wildman–Crippen MR) is 135 cm³/mol. The topological polar surface area (TPSA) is 146 Å². The number of benzene rings is 2. The van der Waals surface area contributed by atoms with E-state index in [1.165, 1.54) is 23.9 Å². The lowest BCUT2D eigenvalue weighted by Gasteiger charge is -2.19. The van der Waals surface area contributed by atoms with Gasteiger partial charge in [-0.3, -0.25) is 14.8 Å². The lowest BCUT2D eigenvalue weighted by Crippen LogP contribution is -2.34. The minimum absolute atomic E-state index is 0.0482. The van der Waals surface area contributed by atoms with Crippen LogP contribution < -0.4 is 10.1 Å². The average Bonchev–Trinajstić information content (AvgIpc) is 3.21. The van der Waals surface area contributed by atoms with Crippen LogP contribution in [0.25, 0.3) is 22.4 Å². The highest BCUT2D eigenvalue weighted by Crippen LogP contribution is 2.42. The first-order valence-electron chi connectivity index (χ1n) is 11.7. The van der Waals surface area contributed by atoms with Crippen LogP contribution in [-0.2, 0) is 24.1 Å². The Morgan fingerprint density at radius 3 is 2.59 bits per heavy atom. The van der Waals surface area contributed by atoms with Gasteiger partial charge in [-0.05, 0) is 56.9 Å². The van der Waals surface area contributed by atoms with E-state index in [2.05, 4.69) is 10.4 Å². The fourth-order valence-corrected chi connectivity index (χ4v) is 4.42. The second kappa shape index (κ2) is 9.92. The Balaban J connectivity index is 1.72. The number of nitro groups is 1. The van der Waals surface area contributed by atoms with Gasteiger partial charge < -0.3 is 19.9 Å². The molecule has 3 aromatic rings. The molecule has 2 N–H and O–H groups in total. The summed E-state index contributed by atoms with van der Waals surface area (Å²) in [5.41, 5.74) is 3.42. The fourth-order valence-electron chi connectivity index (χ4n) is 4.42. The number of carboxylic acids is 1. The molecule has 1 aliphatic rings. The van der Waals surface area contributed by atoms with E-state index in [0.29, 0.717) is 41.0 Å². The van der Waals surface area contributed by atoms with Crippen molar-refractivity contribution >= 4 is 17.7 Å². The number of amides is 1. The van der Waals surface area contributed by atoms with Gasteiger partial charge >= 0.3 is 12.1 Å². The van der Waals surface area contributed by atoms with Crippen LogP contribution in [0.5, 0.6) is 5.75 Å². The molecule has 1 heterocycles. The van der Waals surface area contributed by atoms with Crippen LogP contribution in [0.2, 0.25) is 0 Å². The number of carbonyl (C=O) groups is 2. The number of carboxylic acid groups (broad SMARTS) is 1. The molecule has 0 unspecified atom stereocenters. The van der Waals surface area contributed by atoms with Crippen molar-refractivity contribution in [2.24, 2.45) is 0 Å². The van der Waals surface area contributed by atoms with Gasteiger partial charge in [-0.1, -0.05) is 12.1 Å². The molecule has 1 aliphatic carbocycles. The number of aromatic carboxylic acids is 1. The van der Waals surface area contributed by atoms with E-state index in [4.69, 9.17) is 9.47 Å². The van der Waals surface area contributed by atoms with Crippen molar-refractivity contribution in [3.63, 3.8) is 0 Å². The molecule has 0 aliphatic heterocycles. The molecule has 0 saturated carbocycles. The molecule has 11 heteroatoms. The van der Waals surface area contributed by atoms with E-state index in [-0.39, 0.29) is 24.5 Å². The van der Waals surface area contributed by atoms with Crippen molar-refractivity contribution in [3.05, 3.63) is 63.3 Å². The third-order valence-corrected chi connectivity index (χ3v) is 5.94. The largest absolute Gasteiger partial charge is 0.496 e. The molecule has 194 valence electrons. The molecular weight excluding hydrogens is 480 g/mol. The molecular formula is C26H28N4O7. The van der Waals surface area contributed by atoms with Crippen LogP contribution in [0, 0.1) is 10.1 Å². The highest BCUT2D eigenvalue weighted by atomic mass is 16.6. The maximum absolute atomic E-state index is 12.2. The van der Waals surface area contributed by atoms with E-state index in [9.17, 15) is 24.8 Å². The summed E-state index contributed by atoms with van der Waals surface area (Å²) < 4.78 is 12.2. The molecule has 1 aromatic heterocycles. The highest BCUT2D eigenvalue weighted by molar-refractivity contribution is 5.92. The molecule has 0 bridgehead atoms. The first-order chi connectivity index (χ1) is 17.5. The number of nitro benzene ring substituents is 1. The Hall–Kier alpha value is -4.41. The van der Waals surface area contributed by atoms with E-state index in [0.717, 1.165) is 11.1 Å². The average molecular weight is 509 g/mol. The number of rotatable bonds is 7. The first-order valence-corrected chi connectivity index (χ1v) is 11.7. The summed E-state index contributed by atoms with van der Waals surface area (Å²) in [7, 11) is 1.53. The SMILES string of the molecule is COc1cc2c(cc1-c1cccc([N+](=O)[O-])c1)-c1nn(CCNC(=O)OC(C)(C)C)c(C(=O)O)c1CC2. The van der Waals surface area contributed by atoms with Crippen LogP contribution >= 0.6 is 0 Å². The van der Waals surface area contributed by atoms with E-state index >= 15 is 0 Å². The number of hydrogen-bond acceptors (Lipinski definition) is 7. The molecule has 0 fully saturated rings. The lowest BCUT2D eigenvalue weighted by molar-refractivity contribution is -0.384. The summed E-state index contributed by atoms with van der Waals surface area (Å²) in [6, 6.07) is 9.95. The molecule has 0 spiro atoms. The summed E-state index contributed by atoms with van der Waals surface area (Å²) in [6.07, 6.45) is 0.457. The number of fused-ring (bicyclic) bond motifs is 3. The molecule has 37 heavy (non-hydrogen) atoms. The number of nitrogens with one attached hydrogen (secondary N) is 1. The highest BCUT2D eigenvalue weighted by Gasteiger charge is 2.29. The zero-order chi connectivity index (χ0) is 26.9. The summed E-state index contributed by atoms with van der Waals surface area (Å²) in [5.74, 6) is -0.552. The van der Waals surface area contributed by atoms with Crippen molar-refractivity contribution in [2.75, 3.05) is 13.7 Å². The maximum Gasteiger partial charge on any atom is 0.407 e. The summed E-state index contributed by atoms with van der Waals surface area (Å²) >= 11 is 0. The number of nitrogens with zero attached hydrogens (tertiary/aromatic N) is 3. The van der Waals surface area contributed by atoms with E-state index in [1.807, 2.05) is 12.1 Å². The number of carbonyl (C=O) groups excluding carboxylic acids is 1. The van der Waals surface area contributed by atoms with Gasteiger partial charge in [0.05, 0.1) is 24.3 Å². The van der Waals surface area contributed by atoms with Gasteiger partial charge in [0.15, 0.2) is 0 Å². The van der Waals surface area contributed by atoms with Crippen LogP contribution in [-0.4, -0.2) is 51.1 Å². The number of ether oxygens (including phenoxy) is 2. The Morgan fingerprint density at radius 1 is 1.19 bits per heavy atom. The van der Waals surface area contributed by atoms with Gasteiger partial charge in [-0.15, -0.1) is 0 Å². The van der Waals surface area contributed by atoms with E-state index in [1.54, 1.807) is 32.9 Å². The van der Waals surface area contributed by atoms with Crippen molar-refractivity contribution < 1.29 is 29.1 Å². The van der Waals surface area contributed by atoms with Gasteiger partial charge in [0, 0.05) is 35.4 Å². The van der Waals surface area contributed by atoms with Crippen LogP contribution in [0.3, 0.4) is 0 Å². The summed E-state index contributed by atoms with van der Waals surface area (Å²) in [5, 5.41) is 28.5. The van der Waals surface area contributed by atoms with Crippen LogP contribution in [0.15, 0.2) is 36.4 Å². The Kier molecular flexibility index (Phi) is 6.88. The predicted octanol–water partition coefficient (Wildman–Crippen LogP) is 4.46. The smallest absolute Gasteiger partial charge is 0.407 e. The standard InChI is InChI=1S/C26H28N4O7/c1-26(2,3)37-25(33)27-10-11-29-23(24(31)32)18-9-8-16-13-21(36-4)19(14-20(16)22(18)28-29)15-6-5-7-17(12-15)30(34)35/h5-7,12-14H,8-11H2,1-4H3,(H,27,33)(H,31,32). The summed E-state index contributed by atoms with van der Waals surface area (Å²) in [4.78, 5) is 35.0. The minimum atomic E-state index is -1.11. The molecule has 0 saturated heterocycles. The number of aromatic nitrogens is 2. The number of methoxy groups -OCH3 is 1. The van der Waals surface area contributed by atoms with Crippen molar-refractivity contribution in [1.82, 2.24) is 15.1 Å². The van der Waals surface area contributed by atoms with Gasteiger partial charge in [0.2, 0.25) is 0 Å². The number of non-ortho nitro benzene ring substituents is 1. The Morgan fingerprint density at radius 2 is 1.95 bits per heavy atom. The third kappa shape index (κ3) is 5.40. The molecule has 0 atom stereocenters. The second-order valence-electron chi connectivity index (χ2n) is 9.65. The summed E-state index contributed by atoms with van der Waals surface area (Å²) in [6.45, 7) is 5.53. The molecule has 1 amide bonds. The maximum atomic E-state index is 12.2. The monoisotopic (exact) mass is 508 g/mol. The molecule has 11 nitrogen and oxygen atoms in total. The first kappa shape index (κ1) is 25.7. The minimum Gasteiger partial charge on any atom is -0.496 e. The zero-order valence-electron chi connectivity index (χ0n) is 21.0. The Labute approximate surface area is 213 Å². The van der Waals surface area contributed by atoms with Crippen LogP contribution in [0.1, 0.15) is 42.4 Å². The normalized spacial score (nSPS) is 12.3. The zero-order valence-corrected chi connectivity index (χ0v) is 21.0. The van der Waals surface area contributed by atoms with Gasteiger partial charge in [0.1, 0.15) is 17.0 Å². The van der Waals surface area contributed by atoms with Crippen molar-refractivity contribution in [3.8, 4) is 28.1 Å². The van der Waals surface area contributed by atoms with Gasteiger partial charge in [0.25, 0.3) is 5.69 Å². The van der Waals surface area contributed by atoms with Crippen molar-refractivity contribution in [1.29, 1.82) is 0 Å².